The van der Waals surface area contributed by atoms with Crippen molar-refractivity contribution in [2.24, 2.45) is 0 Å². The topological polar surface area (TPSA) is 20.3 Å². The van der Waals surface area contributed by atoms with E-state index in [0.29, 0.717) is 0 Å². The molecule has 0 aliphatic carbocycles. The molecule has 0 fully saturated rings. The molecule has 35 valence electrons. The molecule has 2 heteroatoms. The highest BCUT2D eigenvalue weighted by Crippen LogP contribution is 1.66. The molecule has 1 radical (unpaired) electrons. The quantitative estimate of drug-likeness (QED) is 0.433. The van der Waals surface area contributed by atoms with Crippen LogP contribution < -0.4 is 0 Å². The van der Waals surface area contributed by atoms with E-state index >= 15 is 0 Å². The maximum Gasteiger partial charge on any atom is 0.311 e. The average molecular weight is 86.1 g/mol. The van der Waals surface area contributed by atoms with Crippen molar-refractivity contribution < 1.29 is 4.79 Å². The number of hydrogen-bond acceptors (Lipinski definition) is 1. The van der Waals surface area contributed by atoms with Crippen molar-refractivity contribution in [3.05, 3.63) is 0 Å². The lowest BCUT2D eigenvalue weighted by Crippen LogP contribution is -2.13. The van der Waals surface area contributed by atoms with Crippen molar-refractivity contribution in [3.63, 3.8) is 0 Å². The molecule has 0 spiro atoms. The molecule has 2 nitrogen and oxygen atoms in total. The summed E-state index contributed by atoms with van der Waals surface area (Å²) in [6.07, 6.45) is 1.70. The Bertz CT molecular complexity index is 44.8. The summed E-state index contributed by atoms with van der Waals surface area (Å²) >= 11 is 0. The Morgan fingerprint density at radius 3 is 2.33 bits per heavy atom. The molecular weight excluding hydrogens is 78.0 g/mol. The van der Waals surface area contributed by atoms with Crippen molar-refractivity contribution >= 4 is 6.41 Å². The maximum atomic E-state index is 9.54. The van der Waals surface area contributed by atoms with Crippen molar-refractivity contribution in [2.45, 2.75) is 6.92 Å². The number of hydrogen-bond donors (Lipinski definition) is 0. The lowest BCUT2D eigenvalue weighted by atomic mass is 10.7. The van der Waals surface area contributed by atoms with Gasteiger partial charge in [0.05, 0.1) is 0 Å². The van der Waals surface area contributed by atoms with Gasteiger partial charge in [-0.15, -0.1) is 0 Å². The van der Waals surface area contributed by atoms with Crippen LogP contribution in [0.25, 0.3) is 0 Å². The van der Waals surface area contributed by atoms with Gasteiger partial charge in [-0.25, -0.2) is 0 Å². The van der Waals surface area contributed by atoms with Crippen LogP contribution in [0.2, 0.25) is 0 Å². The second-order valence-corrected chi connectivity index (χ2v) is 1.11. The molecule has 0 aromatic heterocycles. The van der Waals surface area contributed by atoms with E-state index in [9.17, 15) is 4.79 Å². The third-order valence-electron chi connectivity index (χ3n) is 0.630. The van der Waals surface area contributed by atoms with Crippen LogP contribution in [0, 0.1) is 0 Å². The van der Waals surface area contributed by atoms with Gasteiger partial charge in [-0.2, -0.15) is 0 Å². The van der Waals surface area contributed by atoms with E-state index in [1.165, 1.54) is 4.90 Å². The van der Waals surface area contributed by atoms with Crippen LogP contribution in [0.1, 0.15) is 6.92 Å². The summed E-state index contributed by atoms with van der Waals surface area (Å²) in [5, 5.41) is 0. The Labute approximate surface area is 37.8 Å². The van der Waals surface area contributed by atoms with Crippen LogP contribution in [0.4, 0.5) is 0 Å². The molecule has 0 rings (SSSR count). The van der Waals surface area contributed by atoms with Gasteiger partial charge in [0, 0.05) is 13.6 Å². The normalized spacial score (nSPS) is 7.67. The third-order valence-corrected chi connectivity index (χ3v) is 0.630. The second-order valence-electron chi connectivity index (χ2n) is 1.11. The molecular formula is C4H8NO. The standard InChI is InChI=1S/C4H8NO/c1-3-5(2)4-6/h3H2,1-2H3. The minimum absolute atomic E-state index is 0.740. The minimum atomic E-state index is 0.740. The lowest BCUT2D eigenvalue weighted by molar-refractivity contribution is 0.449. The molecule has 0 saturated carbocycles. The SMILES string of the molecule is CCN(C)[C]=O. The van der Waals surface area contributed by atoms with E-state index in [0.717, 1.165) is 6.54 Å². The van der Waals surface area contributed by atoms with Crippen molar-refractivity contribution in [1.82, 2.24) is 4.90 Å². The van der Waals surface area contributed by atoms with Gasteiger partial charge in [0.15, 0.2) is 0 Å². The van der Waals surface area contributed by atoms with E-state index in [4.69, 9.17) is 0 Å². The molecule has 0 N–H and O–H groups in total. The van der Waals surface area contributed by atoms with E-state index in [1.54, 1.807) is 13.5 Å². The summed E-state index contributed by atoms with van der Waals surface area (Å²) in [4.78, 5) is 11.0. The summed E-state index contributed by atoms with van der Waals surface area (Å²) < 4.78 is 0. The molecule has 0 saturated heterocycles. The van der Waals surface area contributed by atoms with Crippen LogP contribution in [0.5, 0.6) is 0 Å². The molecule has 0 aliphatic heterocycles. The van der Waals surface area contributed by atoms with Crippen LogP contribution in [0.3, 0.4) is 0 Å². The van der Waals surface area contributed by atoms with Crippen LogP contribution in [0.15, 0.2) is 0 Å². The van der Waals surface area contributed by atoms with Gasteiger partial charge < -0.3 is 4.90 Å². The highest BCUT2D eigenvalue weighted by Gasteiger charge is 1.81. The van der Waals surface area contributed by atoms with Crippen LogP contribution >= 0.6 is 0 Å². The number of rotatable bonds is 2. The predicted molar refractivity (Wildman–Crippen MR) is 24.0 cm³/mol. The number of carbonyl (C=O) groups excluding carboxylic acids is 1. The molecule has 0 aromatic carbocycles. The highest BCUT2D eigenvalue weighted by atomic mass is 16.1. The second kappa shape index (κ2) is 2.69. The smallest absolute Gasteiger partial charge is 0.311 e. The summed E-state index contributed by atoms with van der Waals surface area (Å²) in [6.45, 7) is 2.63. The first-order valence-corrected chi connectivity index (χ1v) is 1.90. The maximum absolute atomic E-state index is 9.54. The molecule has 0 unspecified atom stereocenters. The summed E-state index contributed by atoms with van der Waals surface area (Å²) in [7, 11) is 1.69. The van der Waals surface area contributed by atoms with Crippen molar-refractivity contribution in [2.75, 3.05) is 13.6 Å². The third kappa shape index (κ3) is 1.76. The molecule has 1 amide bonds. The Kier molecular flexibility index (Phi) is 2.46. The largest absolute Gasteiger partial charge is 0.338 e. The fourth-order valence-electron chi connectivity index (χ4n) is 0.0645. The Balaban J connectivity index is 2.96. The molecule has 0 atom stereocenters. The van der Waals surface area contributed by atoms with Gasteiger partial charge in [-0.3, -0.25) is 4.79 Å². The van der Waals surface area contributed by atoms with Gasteiger partial charge in [0.2, 0.25) is 0 Å². The Morgan fingerprint density at radius 1 is 1.83 bits per heavy atom. The van der Waals surface area contributed by atoms with Crippen molar-refractivity contribution in [1.29, 1.82) is 0 Å². The monoisotopic (exact) mass is 86.1 g/mol. The van der Waals surface area contributed by atoms with Gasteiger partial charge in [0.25, 0.3) is 0 Å². The van der Waals surface area contributed by atoms with Gasteiger partial charge >= 0.3 is 6.41 Å². The fraction of sp³-hybridized carbons (Fsp3) is 0.750. The summed E-state index contributed by atoms with van der Waals surface area (Å²) in [5.74, 6) is 0. The van der Waals surface area contributed by atoms with E-state index in [1.807, 2.05) is 6.92 Å². The number of amides is 1. The summed E-state index contributed by atoms with van der Waals surface area (Å²) in [6, 6.07) is 0. The summed E-state index contributed by atoms with van der Waals surface area (Å²) in [5.41, 5.74) is 0. The fourth-order valence-corrected chi connectivity index (χ4v) is 0.0645. The molecule has 0 heterocycles. The van der Waals surface area contributed by atoms with Crippen LogP contribution in [-0.4, -0.2) is 24.9 Å². The first-order valence-electron chi connectivity index (χ1n) is 1.90. The first-order chi connectivity index (χ1) is 2.81. The average Bonchev–Trinajstić information content (AvgIpc) is 1.65. The lowest BCUT2D eigenvalue weighted by Gasteiger charge is -2.00. The zero-order valence-electron chi connectivity index (χ0n) is 4.06. The van der Waals surface area contributed by atoms with Gasteiger partial charge in [-0.1, -0.05) is 0 Å². The molecule has 0 aromatic rings. The minimum Gasteiger partial charge on any atom is -0.338 e. The van der Waals surface area contributed by atoms with Crippen LogP contribution in [-0.2, 0) is 4.79 Å². The van der Waals surface area contributed by atoms with Gasteiger partial charge in [-0.05, 0) is 6.92 Å². The molecule has 0 aliphatic rings. The van der Waals surface area contributed by atoms with E-state index in [2.05, 4.69) is 0 Å². The molecule has 0 bridgehead atoms. The first kappa shape index (κ1) is 5.47. The zero-order chi connectivity index (χ0) is 4.99. The predicted octanol–water partition coefficient (Wildman–Crippen LogP) is 0.00530. The van der Waals surface area contributed by atoms with E-state index in [-0.39, 0.29) is 0 Å². The van der Waals surface area contributed by atoms with E-state index < -0.39 is 0 Å². The molecule has 6 heavy (non-hydrogen) atoms. The highest BCUT2D eigenvalue weighted by molar-refractivity contribution is 5.47. The Morgan fingerprint density at radius 2 is 2.33 bits per heavy atom. The van der Waals surface area contributed by atoms with Gasteiger partial charge in [0.1, 0.15) is 0 Å². The zero-order valence-corrected chi connectivity index (χ0v) is 4.06. The Hall–Kier alpha value is -0.530. The number of nitrogens with zero attached hydrogens (tertiary/aromatic N) is 1. The van der Waals surface area contributed by atoms with Crippen molar-refractivity contribution in [3.8, 4) is 0 Å².